The van der Waals surface area contributed by atoms with Gasteiger partial charge in [-0.05, 0) is 253 Å². The Morgan fingerprint density at radius 2 is 0.794 bits per heavy atom. The Hall–Kier alpha value is -6.58. The fraction of sp³-hybridized carbons (Fsp3) is 0.528. The predicted molar refractivity (Wildman–Crippen MR) is 411 cm³/mol. The summed E-state index contributed by atoms with van der Waals surface area (Å²) in [6, 6.07) is 49.4. The van der Waals surface area contributed by atoms with Crippen LogP contribution in [-0.2, 0) is 19.3 Å². The molecule has 6 heterocycles. The van der Waals surface area contributed by atoms with Crippen molar-refractivity contribution in [2.24, 2.45) is 5.92 Å². The molecule has 6 atom stereocenters. The van der Waals surface area contributed by atoms with E-state index in [4.69, 9.17) is 14.2 Å². The highest BCUT2D eigenvalue weighted by Gasteiger charge is 2.45. The summed E-state index contributed by atoms with van der Waals surface area (Å²) in [6.07, 6.45) is 9.52. The summed E-state index contributed by atoms with van der Waals surface area (Å²) in [6.45, 7) is 34.6. The van der Waals surface area contributed by atoms with Gasteiger partial charge in [-0.2, -0.15) is 0 Å². The lowest BCUT2D eigenvalue weighted by molar-refractivity contribution is 0.0178. The van der Waals surface area contributed by atoms with E-state index in [9.17, 15) is 13.2 Å². The number of benzene rings is 6. The molecule has 102 heavy (non-hydrogen) atoms. The summed E-state index contributed by atoms with van der Waals surface area (Å²) in [4.78, 5) is 14.2. The summed E-state index contributed by atoms with van der Waals surface area (Å²) in [5.74, 6) is 2.71. The van der Waals surface area contributed by atoms with Crippen molar-refractivity contribution in [1.82, 2.24) is 29.4 Å². The van der Waals surface area contributed by atoms with Crippen LogP contribution in [-0.4, -0.2) is 162 Å². The van der Waals surface area contributed by atoms with E-state index < -0.39 is 17.0 Å². The lowest BCUT2D eigenvalue weighted by Gasteiger charge is -2.44. The van der Waals surface area contributed by atoms with Crippen molar-refractivity contribution < 1.29 is 31.8 Å². The summed E-state index contributed by atoms with van der Waals surface area (Å²) in [7, 11) is 0. The van der Waals surface area contributed by atoms with Crippen molar-refractivity contribution in [3.8, 4) is 17.2 Å². The predicted octanol–water partition coefficient (Wildman–Crippen LogP) is 19.2. The normalized spacial score (nSPS) is 23.5. The minimum Gasteiger partial charge on any atom is -0.492 e. The zero-order chi connectivity index (χ0) is 71.1. The standard InChI is InChI=1S/C30H39FN2O.C29H36F2N2O.C29H37FN2O.CH4/c1-5-22-18-32(19-22)14-15-34-25-12-10-23(11-13-25)29-28-17-24-8-6-7-9-26(24)27(28)16-21(2)33(29)20-30(3,4)31;1-5-12-32-16-22(17-32)34-27-11-10-21(15-26(27)30)28-25-14-20-8-6-7-9-23(20)24(25)13-19(2)33(28)18-29(3,4)31;1-5-14-31-17-24(18-31)33-23-12-10-21(11-13-23)28-27-16-22-8-6-7-9-25(22)26(27)15-20(2)32(28)19-29(3,4)30;/h6-13,21-22,29H,5,14-20H2,1-4H3;6-11,15,19,22,28H,5,12-14,16-18H2,1-4H3;6-13,20,24,28H,5,14-19H2,1-4H3;1H4/t21-,29-;19-,28-;20-,28-;/m111./s1. The van der Waals surface area contributed by atoms with Crippen molar-refractivity contribution in [3.63, 3.8) is 0 Å². The highest BCUT2D eigenvalue weighted by atomic mass is 19.2. The quantitative estimate of drug-likeness (QED) is 0.0619. The molecule has 3 saturated heterocycles. The molecule has 0 unspecified atom stereocenters. The van der Waals surface area contributed by atoms with Crippen LogP contribution in [0.2, 0.25) is 0 Å². The molecule has 13 heteroatoms. The first-order chi connectivity index (χ1) is 48.4. The molecule has 6 aliphatic heterocycles. The topological polar surface area (TPSA) is 47.1 Å². The van der Waals surface area contributed by atoms with Crippen LogP contribution in [0.25, 0.3) is 16.7 Å². The van der Waals surface area contributed by atoms with Gasteiger partial charge in [0.2, 0.25) is 0 Å². The molecular formula is C89H116F4N6O3. The first kappa shape index (κ1) is 75.1. The van der Waals surface area contributed by atoms with Gasteiger partial charge in [0.1, 0.15) is 47.3 Å². The molecule has 15 rings (SSSR count). The fourth-order valence-corrected chi connectivity index (χ4v) is 17.9. The zero-order valence-electron chi connectivity index (χ0n) is 62.5. The molecule has 0 radical (unpaired) electrons. The van der Waals surface area contributed by atoms with Crippen molar-refractivity contribution >= 4 is 16.7 Å². The van der Waals surface area contributed by atoms with E-state index in [1.54, 1.807) is 53.7 Å². The second kappa shape index (κ2) is 31.6. The van der Waals surface area contributed by atoms with Crippen molar-refractivity contribution in [1.29, 1.82) is 0 Å². The molecule has 0 saturated carbocycles. The van der Waals surface area contributed by atoms with Crippen LogP contribution in [0.4, 0.5) is 17.6 Å². The van der Waals surface area contributed by atoms with E-state index in [1.807, 2.05) is 6.07 Å². The second-order valence-electron chi connectivity index (χ2n) is 32.8. The molecule has 3 aliphatic carbocycles. The number of fused-ring (bicyclic) bond motifs is 6. The molecule has 9 aliphatic rings. The number of rotatable bonds is 22. The average molecular weight is 1390 g/mol. The Balaban J connectivity index is 0.000000144. The minimum atomic E-state index is -1.34. The van der Waals surface area contributed by atoms with Gasteiger partial charge < -0.3 is 14.2 Å². The Bertz CT molecular complexity index is 3940. The number of hydrogen-bond donors (Lipinski definition) is 0. The van der Waals surface area contributed by atoms with Gasteiger partial charge >= 0.3 is 0 Å². The van der Waals surface area contributed by atoms with Crippen LogP contribution in [0.1, 0.15) is 197 Å². The van der Waals surface area contributed by atoms with Gasteiger partial charge in [-0.25, -0.2) is 17.6 Å². The number of ether oxygens (including phenoxy) is 3. The first-order valence-corrected chi connectivity index (χ1v) is 38.2. The highest BCUT2D eigenvalue weighted by Crippen LogP contribution is 2.53. The lowest BCUT2D eigenvalue weighted by atomic mass is 9.84. The van der Waals surface area contributed by atoms with E-state index in [2.05, 4.69) is 192 Å². The SMILES string of the molecule is C.CCC1CN(CCOc2ccc([C@@H]3C4=C(C[C@@H](C)N3CC(C)(C)F)c3ccccc3C4)cc2)C1.CCCN1CC(Oc2ccc([C@@H]3C4=C(C[C@@H](C)N3CC(C)(C)F)c3ccccc3C4)cc2)C1.CCCN1CC(Oc2ccc([C@@H]3C4=C(C[C@@H](C)N3CC(C)(C)F)c3ccccc3C4)cc2F)C1. The number of halogens is 4. The third kappa shape index (κ3) is 17.0. The van der Waals surface area contributed by atoms with Gasteiger partial charge in [-0.3, -0.25) is 29.4 Å². The van der Waals surface area contributed by atoms with E-state index >= 15 is 4.39 Å². The maximum atomic E-state index is 15.3. The molecule has 0 spiro atoms. The monoisotopic (exact) mass is 1390 g/mol. The Morgan fingerprint density at radius 1 is 0.431 bits per heavy atom. The van der Waals surface area contributed by atoms with E-state index in [0.717, 1.165) is 120 Å². The Morgan fingerprint density at radius 3 is 1.18 bits per heavy atom. The average Bonchev–Trinajstić information content (AvgIpc) is 1.57. The number of alkyl halides is 3. The van der Waals surface area contributed by atoms with Crippen molar-refractivity contribution in [2.45, 2.75) is 214 Å². The third-order valence-electron chi connectivity index (χ3n) is 22.7. The van der Waals surface area contributed by atoms with Crippen molar-refractivity contribution in [2.75, 3.05) is 85.1 Å². The number of hydrogen-bond acceptors (Lipinski definition) is 9. The molecule has 6 aromatic carbocycles. The van der Waals surface area contributed by atoms with Gasteiger partial charge in [-0.1, -0.05) is 138 Å². The van der Waals surface area contributed by atoms with Crippen LogP contribution < -0.4 is 14.2 Å². The van der Waals surface area contributed by atoms with Gasteiger partial charge in [-0.15, -0.1) is 0 Å². The van der Waals surface area contributed by atoms with Gasteiger partial charge in [0, 0.05) is 83.6 Å². The largest absolute Gasteiger partial charge is 0.492 e. The third-order valence-corrected chi connectivity index (χ3v) is 22.7. The number of nitrogens with zero attached hydrogens (tertiary/aromatic N) is 6. The van der Waals surface area contributed by atoms with E-state index in [1.165, 1.54) is 104 Å². The molecule has 548 valence electrons. The Kier molecular flexibility index (Phi) is 23.3. The molecule has 0 bridgehead atoms. The minimum absolute atomic E-state index is 0. The Labute approximate surface area is 609 Å². The van der Waals surface area contributed by atoms with E-state index in [-0.39, 0.29) is 55.6 Å². The maximum absolute atomic E-state index is 15.3. The summed E-state index contributed by atoms with van der Waals surface area (Å²) < 4.78 is 78.2. The first-order valence-electron chi connectivity index (χ1n) is 38.2. The molecule has 3 fully saturated rings. The van der Waals surface area contributed by atoms with Crippen LogP contribution in [0.15, 0.2) is 156 Å². The smallest absolute Gasteiger partial charge is 0.165 e. The van der Waals surface area contributed by atoms with Crippen LogP contribution in [0.5, 0.6) is 17.2 Å². The van der Waals surface area contributed by atoms with Gasteiger partial charge in [0.25, 0.3) is 0 Å². The van der Waals surface area contributed by atoms with Gasteiger partial charge in [0.05, 0.1) is 18.1 Å². The molecule has 0 amide bonds. The summed E-state index contributed by atoms with van der Waals surface area (Å²) >= 11 is 0. The molecular weight excluding hydrogens is 1280 g/mol. The summed E-state index contributed by atoms with van der Waals surface area (Å²) in [5.41, 5.74) is 16.2. The number of likely N-dealkylation sites (tertiary alicyclic amines) is 3. The highest BCUT2D eigenvalue weighted by molar-refractivity contribution is 5.81. The lowest BCUT2D eigenvalue weighted by Crippen LogP contribution is -2.53. The summed E-state index contributed by atoms with van der Waals surface area (Å²) in [5, 5.41) is 0. The van der Waals surface area contributed by atoms with Crippen LogP contribution >= 0.6 is 0 Å². The maximum Gasteiger partial charge on any atom is 0.165 e. The zero-order valence-corrected chi connectivity index (χ0v) is 62.5. The molecule has 9 nitrogen and oxygen atoms in total. The van der Waals surface area contributed by atoms with E-state index in [0.29, 0.717) is 31.5 Å². The second-order valence-corrected chi connectivity index (χ2v) is 32.8. The molecule has 0 aromatic heterocycles. The fourth-order valence-electron chi connectivity index (χ4n) is 17.9. The van der Waals surface area contributed by atoms with Gasteiger partial charge in [0.15, 0.2) is 11.6 Å². The van der Waals surface area contributed by atoms with Crippen LogP contribution in [0, 0.1) is 11.7 Å². The van der Waals surface area contributed by atoms with Crippen molar-refractivity contribution in [3.05, 3.63) is 212 Å². The molecule has 0 N–H and O–H groups in total. The molecule has 6 aromatic rings. The van der Waals surface area contributed by atoms with Crippen LogP contribution in [0.3, 0.4) is 0 Å².